The Balaban J connectivity index is 1.86. The van der Waals surface area contributed by atoms with E-state index in [4.69, 9.17) is 11.6 Å². The summed E-state index contributed by atoms with van der Waals surface area (Å²) in [7, 11) is 4.10. The summed E-state index contributed by atoms with van der Waals surface area (Å²) >= 11 is 7.46. The minimum Gasteiger partial charge on any atom is -0.334 e. The molecule has 24 heavy (non-hydrogen) atoms. The molecule has 0 fully saturated rings. The SMILES string of the molecule is CCN(Cc1ccc(Cl)s1)C(=O)NCc1ccc(CN(C)C)cc1. The maximum Gasteiger partial charge on any atom is 0.317 e. The molecule has 0 aliphatic rings. The van der Waals surface area contributed by atoms with E-state index >= 15 is 0 Å². The molecule has 1 aromatic carbocycles. The molecule has 0 aliphatic carbocycles. The fourth-order valence-electron chi connectivity index (χ4n) is 2.37. The molecular weight excluding hydrogens is 342 g/mol. The highest BCUT2D eigenvalue weighted by molar-refractivity contribution is 7.16. The third-order valence-electron chi connectivity index (χ3n) is 3.61. The van der Waals surface area contributed by atoms with Gasteiger partial charge in [-0.25, -0.2) is 4.79 Å². The lowest BCUT2D eigenvalue weighted by molar-refractivity contribution is 0.198. The number of benzene rings is 1. The quantitative estimate of drug-likeness (QED) is 0.798. The van der Waals surface area contributed by atoms with Crippen molar-refractivity contribution in [1.82, 2.24) is 15.1 Å². The lowest BCUT2D eigenvalue weighted by atomic mass is 10.1. The van der Waals surface area contributed by atoms with Gasteiger partial charge < -0.3 is 15.1 Å². The van der Waals surface area contributed by atoms with Crippen molar-refractivity contribution in [3.63, 3.8) is 0 Å². The Bertz CT molecular complexity index is 655. The number of hydrogen-bond donors (Lipinski definition) is 1. The summed E-state index contributed by atoms with van der Waals surface area (Å²) in [5.74, 6) is 0. The normalized spacial score (nSPS) is 10.9. The lowest BCUT2D eigenvalue weighted by Gasteiger charge is -2.20. The smallest absolute Gasteiger partial charge is 0.317 e. The first-order valence-corrected chi connectivity index (χ1v) is 9.17. The largest absolute Gasteiger partial charge is 0.334 e. The summed E-state index contributed by atoms with van der Waals surface area (Å²) in [6, 6.07) is 12.1. The van der Waals surface area contributed by atoms with Gasteiger partial charge in [0.25, 0.3) is 0 Å². The molecule has 6 heteroatoms. The van der Waals surface area contributed by atoms with Crippen LogP contribution in [0.3, 0.4) is 0 Å². The van der Waals surface area contributed by atoms with E-state index in [1.54, 1.807) is 4.90 Å². The van der Waals surface area contributed by atoms with Gasteiger partial charge in [0.1, 0.15) is 0 Å². The second-order valence-corrected chi connectivity index (χ2v) is 7.73. The van der Waals surface area contributed by atoms with Crippen LogP contribution in [0.5, 0.6) is 0 Å². The van der Waals surface area contributed by atoms with Gasteiger partial charge in [0.05, 0.1) is 10.9 Å². The number of carbonyl (C=O) groups excluding carboxylic acids is 1. The summed E-state index contributed by atoms with van der Waals surface area (Å²) in [5, 5.41) is 2.99. The zero-order valence-corrected chi connectivity index (χ0v) is 16.0. The molecule has 0 unspecified atom stereocenters. The number of hydrogen-bond acceptors (Lipinski definition) is 3. The Hall–Kier alpha value is -1.56. The van der Waals surface area contributed by atoms with Crippen LogP contribution in [0.2, 0.25) is 4.34 Å². The van der Waals surface area contributed by atoms with Crippen molar-refractivity contribution in [1.29, 1.82) is 0 Å². The number of rotatable bonds is 7. The highest BCUT2D eigenvalue weighted by Gasteiger charge is 2.12. The maximum absolute atomic E-state index is 12.4. The van der Waals surface area contributed by atoms with Crippen LogP contribution in [-0.4, -0.2) is 36.5 Å². The second kappa shape index (κ2) is 9.06. The fraction of sp³-hybridized carbons (Fsp3) is 0.389. The molecule has 1 heterocycles. The standard InChI is InChI=1S/C18H24ClN3OS/c1-4-22(13-16-9-10-17(19)24-16)18(23)20-11-14-5-7-15(8-6-14)12-21(2)3/h5-10H,4,11-13H2,1-3H3,(H,20,23). The molecule has 4 nitrogen and oxygen atoms in total. The molecule has 2 rings (SSSR count). The Morgan fingerprint density at radius 1 is 1.08 bits per heavy atom. The van der Waals surface area contributed by atoms with Crippen LogP contribution < -0.4 is 5.32 Å². The third kappa shape index (κ3) is 5.82. The molecular formula is C18H24ClN3OS. The molecule has 0 atom stereocenters. The van der Waals surface area contributed by atoms with E-state index in [1.165, 1.54) is 16.9 Å². The van der Waals surface area contributed by atoms with Gasteiger partial charge in [0.15, 0.2) is 0 Å². The van der Waals surface area contributed by atoms with Gasteiger partial charge in [0, 0.05) is 24.5 Å². The predicted molar refractivity (Wildman–Crippen MR) is 101 cm³/mol. The zero-order valence-electron chi connectivity index (χ0n) is 14.4. The molecule has 130 valence electrons. The topological polar surface area (TPSA) is 35.6 Å². The van der Waals surface area contributed by atoms with Crippen molar-refractivity contribution in [2.75, 3.05) is 20.6 Å². The monoisotopic (exact) mass is 365 g/mol. The Kier molecular flexibility index (Phi) is 7.09. The van der Waals surface area contributed by atoms with E-state index < -0.39 is 0 Å². The van der Waals surface area contributed by atoms with Gasteiger partial charge in [-0.05, 0) is 44.3 Å². The average molecular weight is 366 g/mol. The summed E-state index contributed by atoms with van der Waals surface area (Å²) in [6.07, 6.45) is 0. The van der Waals surface area contributed by atoms with Crippen LogP contribution >= 0.6 is 22.9 Å². The van der Waals surface area contributed by atoms with Crippen molar-refractivity contribution in [2.24, 2.45) is 0 Å². The first-order chi connectivity index (χ1) is 11.5. The first kappa shape index (κ1) is 18.8. The molecule has 0 spiro atoms. The Morgan fingerprint density at radius 2 is 1.75 bits per heavy atom. The van der Waals surface area contributed by atoms with Crippen molar-refractivity contribution in [3.05, 3.63) is 56.7 Å². The number of nitrogens with zero attached hydrogens (tertiary/aromatic N) is 2. The first-order valence-electron chi connectivity index (χ1n) is 7.97. The molecule has 0 bridgehead atoms. The lowest BCUT2D eigenvalue weighted by Crippen LogP contribution is -2.38. The van der Waals surface area contributed by atoms with Crippen molar-refractivity contribution in [3.8, 4) is 0 Å². The minimum absolute atomic E-state index is 0.0561. The number of amides is 2. The molecule has 2 amide bonds. The zero-order chi connectivity index (χ0) is 17.5. The number of halogens is 1. The van der Waals surface area contributed by atoms with Crippen LogP contribution in [0.25, 0.3) is 0 Å². The van der Waals surface area contributed by atoms with E-state index in [2.05, 4.69) is 34.5 Å². The average Bonchev–Trinajstić information content (AvgIpc) is 2.96. The van der Waals surface area contributed by atoms with E-state index in [0.29, 0.717) is 19.6 Å². The van der Waals surface area contributed by atoms with Gasteiger partial charge in [-0.15, -0.1) is 11.3 Å². The Morgan fingerprint density at radius 3 is 2.29 bits per heavy atom. The maximum atomic E-state index is 12.4. The summed E-state index contributed by atoms with van der Waals surface area (Å²) in [4.78, 5) is 17.4. The predicted octanol–water partition coefficient (Wildman–Crippen LogP) is 4.19. The molecule has 0 radical (unpaired) electrons. The van der Waals surface area contributed by atoms with Crippen LogP contribution in [-0.2, 0) is 19.6 Å². The molecule has 0 aliphatic heterocycles. The summed E-state index contributed by atoms with van der Waals surface area (Å²) < 4.78 is 0.749. The van der Waals surface area contributed by atoms with Gasteiger partial charge >= 0.3 is 6.03 Å². The van der Waals surface area contributed by atoms with Crippen LogP contribution in [0.15, 0.2) is 36.4 Å². The summed E-state index contributed by atoms with van der Waals surface area (Å²) in [6.45, 7) is 4.66. The van der Waals surface area contributed by atoms with E-state index in [0.717, 1.165) is 21.3 Å². The van der Waals surface area contributed by atoms with Gasteiger partial charge in [-0.2, -0.15) is 0 Å². The molecule has 0 saturated heterocycles. The van der Waals surface area contributed by atoms with Crippen LogP contribution in [0.1, 0.15) is 22.9 Å². The van der Waals surface area contributed by atoms with Crippen LogP contribution in [0, 0.1) is 0 Å². The van der Waals surface area contributed by atoms with Crippen LogP contribution in [0.4, 0.5) is 4.79 Å². The molecule has 0 saturated carbocycles. The van der Waals surface area contributed by atoms with Gasteiger partial charge in [-0.1, -0.05) is 35.9 Å². The molecule has 2 aromatic rings. The van der Waals surface area contributed by atoms with E-state index in [1.807, 2.05) is 33.2 Å². The minimum atomic E-state index is -0.0561. The number of urea groups is 1. The van der Waals surface area contributed by atoms with Crippen molar-refractivity contribution < 1.29 is 4.79 Å². The molecule has 1 N–H and O–H groups in total. The third-order valence-corrected chi connectivity index (χ3v) is 4.83. The van der Waals surface area contributed by atoms with E-state index in [9.17, 15) is 4.79 Å². The molecule has 1 aromatic heterocycles. The fourth-order valence-corrected chi connectivity index (χ4v) is 3.47. The Labute approximate surface area is 153 Å². The highest BCUT2D eigenvalue weighted by Crippen LogP contribution is 2.22. The number of carbonyl (C=O) groups is 1. The van der Waals surface area contributed by atoms with Crippen molar-refractivity contribution in [2.45, 2.75) is 26.6 Å². The van der Waals surface area contributed by atoms with Gasteiger partial charge in [-0.3, -0.25) is 0 Å². The van der Waals surface area contributed by atoms with E-state index in [-0.39, 0.29) is 6.03 Å². The number of thiophene rings is 1. The summed E-state index contributed by atoms with van der Waals surface area (Å²) in [5.41, 5.74) is 2.36. The van der Waals surface area contributed by atoms with Crippen molar-refractivity contribution >= 4 is 29.0 Å². The number of nitrogens with one attached hydrogen (secondary N) is 1. The van der Waals surface area contributed by atoms with Gasteiger partial charge in [0.2, 0.25) is 0 Å². The second-order valence-electron chi connectivity index (χ2n) is 5.93. The highest BCUT2D eigenvalue weighted by atomic mass is 35.5.